The number of rotatable bonds is 6. The number of hydrogen-bond donors (Lipinski definition) is 0. The summed E-state index contributed by atoms with van der Waals surface area (Å²) in [5.74, 6) is 0.797. The smallest absolute Gasteiger partial charge is 0.270 e. The van der Waals surface area contributed by atoms with Gasteiger partial charge in [-0.25, -0.2) is 0 Å². The molecule has 1 amide bonds. The van der Waals surface area contributed by atoms with Gasteiger partial charge in [-0.1, -0.05) is 36.8 Å². The highest BCUT2D eigenvalue weighted by Gasteiger charge is 2.29. The number of amides is 1. The second-order valence-corrected chi connectivity index (χ2v) is 7.67. The van der Waals surface area contributed by atoms with Gasteiger partial charge < -0.3 is 14.2 Å². The highest BCUT2D eigenvalue weighted by Crippen LogP contribution is 2.29. The standard InChI is InChI=1S/C22H28N2O2/c1-23-20(18-9-3-2-4-10-18)12-13-21(23)22(25)24(15-17-7-5-8-17)16-19-11-6-14-26-19/h2-4,9-10,12-13,17,19H,5-8,11,14-16H2,1H3. The molecule has 1 saturated heterocycles. The molecule has 1 aromatic heterocycles. The molecule has 1 atom stereocenters. The van der Waals surface area contributed by atoms with Crippen molar-refractivity contribution in [3.05, 3.63) is 48.2 Å². The van der Waals surface area contributed by atoms with E-state index in [0.29, 0.717) is 5.92 Å². The fourth-order valence-corrected chi connectivity index (χ4v) is 4.05. The van der Waals surface area contributed by atoms with Crippen molar-refractivity contribution in [1.29, 1.82) is 0 Å². The van der Waals surface area contributed by atoms with Crippen LogP contribution in [0.4, 0.5) is 0 Å². The molecular weight excluding hydrogens is 324 g/mol. The molecule has 2 aliphatic rings. The molecular formula is C22H28N2O2. The normalized spacial score (nSPS) is 20.1. The van der Waals surface area contributed by atoms with Crippen LogP contribution in [0.3, 0.4) is 0 Å². The molecule has 0 N–H and O–H groups in total. The van der Waals surface area contributed by atoms with Gasteiger partial charge in [0.15, 0.2) is 0 Å². The predicted molar refractivity (Wildman–Crippen MR) is 103 cm³/mol. The largest absolute Gasteiger partial charge is 0.376 e. The van der Waals surface area contributed by atoms with Crippen molar-refractivity contribution in [3.8, 4) is 11.3 Å². The van der Waals surface area contributed by atoms with E-state index >= 15 is 0 Å². The van der Waals surface area contributed by atoms with E-state index in [9.17, 15) is 4.79 Å². The zero-order valence-electron chi connectivity index (χ0n) is 15.6. The van der Waals surface area contributed by atoms with Crippen molar-refractivity contribution in [1.82, 2.24) is 9.47 Å². The Morgan fingerprint density at radius 3 is 2.54 bits per heavy atom. The molecule has 26 heavy (non-hydrogen) atoms. The van der Waals surface area contributed by atoms with Crippen molar-refractivity contribution in [2.75, 3.05) is 19.7 Å². The number of carbonyl (C=O) groups excluding carboxylic acids is 1. The first-order chi connectivity index (χ1) is 12.7. The van der Waals surface area contributed by atoms with Gasteiger partial charge in [-0.15, -0.1) is 0 Å². The first-order valence-corrected chi connectivity index (χ1v) is 9.84. The van der Waals surface area contributed by atoms with Crippen molar-refractivity contribution in [2.45, 2.75) is 38.2 Å². The summed E-state index contributed by atoms with van der Waals surface area (Å²) >= 11 is 0. The van der Waals surface area contributed by atoms with E-state index in [2.05, 4.69) is 18.2 Å². The van der Waals surface area contributed by atoms with Crippen LogP contribution in [-0.4, -0.2) is 41.2 Å². The van der Waals surface area contributed by atoms with Gasteiger partial charge in [0.05, 0.1) is 6.10 Å². The molecule has 1 aromatic carbocycles. The molecule has 0 radical (unpaired) electrons. The first kappa shape index (κ1) is 17.3. The number of aromatic nitrogens is 1. The van der Waals surface area contributed by atoms with Crippen LogP contribution in [-0.2, 0) is 11.8 Å². The highest BCUT2D eigenvalue weighted by atomic mass is 16.5. The van der Waals surface area contributed by atoms with Gasteiger partial charge in [-0.2, -0.15) is 0 Å². The molecule has 4 rings (SSSR count). The molecule has 1 unspecified atom stereocenters. The summed E-state index contributed by atoms with van der Waals surface area (Å²) in [6, 6.07) is 14.3. The van der Waals surface area contributed by atoms with Gasteiger partial charge in [-0.3, -0.25) is 4.79 Å². The number of ether oxygens (including phenoxy) is 1. The maximum atomic E-state index is 13.3. The average molecular weight is 352 g/mol. The van der Waals surface area contributed by atoms with E-state index in [1.54, 1.807) is 0 Å². The molecule has 4 heteroatoms. The lowest BCUT2D eigenvalue weighted by molar-refractivity contribution is 0.0441. The Kier molecular flexibility index (Phi) is 5.11. The summed E-state index contributed by atoms with van der Waals surface area (Å²) in [7, 11) is 1.99. The van der Waals surface area contributed by atoms with Crippen LogP contribution >= 0.6 is 0 Å². The molecule has 0 spiro atoms. The van der Waals surface area contributed by atoms with Crippen LogP contribution in [0.15, 0.2) is 42.5 Å². The summed E-state index contributed by atoms with van der Waals surface area (Å²) < 4.78 is 7.84. The molecule has 1 saturated carbocycles. The van der Waals surface area contributed by atoms with Gasteiger partial charge in [0.2, 0.25) is 0 Å². The maximum absolute atomic E-state index is 13.3. The van der Waals surface area contributed by atoms with Gasteiger partial charge >= 0.3 is 0 Å². The lowest BCUT2D eigenvalue weighted by Crippen LogP contribution is -2.42. The minimum Gasteiger partial charge on any atom is -0.376 e. The van der Waals surface area contributed by atoms with E-state index in [0.717, 1.165) is 49.5 Å². The van der Waals surface area contributed by atoms with Gasteiger partial charge in [0.25, 0.3) is 5.91 Å². The summed E-state index contributed by atoms with van der Waals surface area (Å²) in [5.41, 5.74) is 2.98. The number of nitrogens with zero attached hydrogens (tertiary/aromatic N) is 2. The predicted octanol–water partition coefficient (Wildman–Crippen LogP) is 4.11. The van der Waals surface area contributed by atoms with Crippen molar-refractivity contribution >= 4 is 5.91 Å². The third kappa shape index (κ3) is 3.56. The van der Waals surface area contributed by atoms with Crippen molar-refractivity contribution in [2.24, 2.45) is 13.0 Å². The Hall–Kier alpha value is -2.07. The van der Waals surface area contributed by atoms with Crippen LogP contribution in [0.1, 0.15) is 42.6 Å². The number of benzene rings is 1. The van der Waals surface area contributed by atoms with Gasteiger partial charge in [0, 0.05) is 32.4 Å². The molecule has 2 aromatic rings. The fraction of sp³-hybridized carbons (Fsp3) is 0.500. The second-order valence-electron chi connectivity index (χ2n) is 7.67. The number of carbonyl (C=O) groups is 1. The zero-order chi connectivity index (χ0) is 17.9. The van der Waals surface area contributed by atoms with Crippen LogP contribution < -0.4 is 0 Å². The Labute approximate surface area is 155 Å². The van der Waals surface area contributed by atoms with Gasteiger partial charge in [0.1, 0.15) is 5.69 Å². The molecule has 138 valence electrons. The van der Waals surface area contributed by atoms with E-state index in [1.165, 1.54) is 19.3 Å². The quantitative estimate of drug-likeness (QED) is 0.784. The fourth-order valence-electron chi connectivity index (χ4n) is 4.05. The molecule has 0 bridgehead atoms. The summed E-state index contributed by atoms with van der Waals surface area (Å²) in [4.78, 5) is 15.4. The Morgan fingerprint density at radius 2 is 1.88 bits per heavy atom. The van der Waals surface area contributed by atoms with E-state index < -0.39 is 0 Å². The molecule has 2 heterocycles. The Morgan fingerprint density at radius 1 is 1.08 bits per heavy atom. The third-order valence-corrected chi connectivity index (χ3v) is 5.85. The SMILES string of the molecule is Cn1c(C(=O)N(CC2CCC2)CC2CCCO2)ccc1-c1ccccc1. The lowest BCUT2D eigenvalue weighted by Gasteiger charge is -2.33. The maximum Gasteiger partial charge on any atom is 0.270 e. The first-order valence-electron chi connectivity index (χ1n) is 9.84. The zero-order valence-corrected chi connectivity index (χ0v) is 15.6. The van der Waals surface area contributed by atoms with Crippen molar-refractivity contribution in [3.63, 3.8) is 0 Å². The molecule has 1 aliphatic carbocycles. The van der Waals surface area contributed by atoms with Crippen LogP contribution in [0.25, 0.3) is 11.3 Å². The van der Waals surface area contributed by atoms with E-state index in [1.807, 2.05) is 40.8 Å². The van der Waals surface area contributed by atoms with Crippen molar-refractivity contribution < 1.29 is 9.53 Å². The lowest BCUT2D eigenvalue weighted by atomic mass is 9.85. The van der Waals surface area contributed by atoms with Crippen LogP contribution in [0.2, 0.25) is 0 Å². The minimum absolute atomic E-state index is 0.136. The molecule has 4 nitrogen and oxygen atoms in total. The summed E-state index contributed by atoms with van der Waals surface area (Å²) in [6.07, 6.45) is 6.17. The Bertz CT molecular complexity index is 743. The number of hydrogen-bond acceptors (Lipinski definition) is 2. The monoisotopic (exact) mass is 352 g/mol. The van der Waals surface area contributed by atoms with E-state index in [-0.39, 0.29) is 12.0 Å². The average Bonchev–Trinajstić information content (AvgIpc) is 3.26. The summed E-state index contributed by atoms with van der Waals surface area (Å²) in [6.45, 7) is 2.42. The van der Waals surface area contributed by atoms with Crippen LogP contribution in [0.5, 0.6) is 0 Å². The van der Waals surface area contributed by atoms with E-state index in [4.69, 9.17) is 4.74 Å². The molecule has 2 fully saturated rings. The van der Waals surface area contributed by atoms with Gasteiger partial charge in [-0.05, 0) is 49.3 Å². The highest BCUT2D eigenvalue weighted by molar-refractivity contribution is 5.94. The molecule has 1 aliphatic heterocycles. The third-order valence-electron chi connectivity index (χ3n) is 5.85. The second kappa shape index (κ2) is 7.67. The topological polar surface area (TPSA) is 34.5 Å². The minimum atomic E-state index is 0.136. The Balaban J connectivity index is 1.55. The van der Waals surface area contributed by atoms with Crippen LogP contribution in [0, 0.1) is 5.92 Å². The summed E-state index contributed by atoms with van der Waals surface area (Å²) in [5, 5.41) is 0.